The van der Waals surface area contributed by atoms with E-state index < -0.39 is 0 Å². The van der Waals surface area contributed by atoms with Crippen LogP contribution in [0.4, 0.5) is 0 Å². The molecular formula is C12H15NO. The first-order valence-corrected chi connectivity index (χ1v) is 5.15. The fraction of sp³-hybridized carbons (Fsp3) is 0.417. The van der Waals surface area contributed by atoms with Crippen molar-refractivity contribution in [3.63, 3.8) is 0 Å². The number of benzene rings is 1. The minimum atomic E-state index is 0.211. The van der Waals surface area contributed by atoms with Gasteiger partial charge < -0.3 is 5.32 Å². The fourth-order valence-corrected chi connectivity index (χ4v) is 1.88. The molecule has 0 aromatic heterocycles. The Bertz CT molecular complexity index is 307. The number of nitrogens with one attached hydrogen (secondary N) is 1. The molecule has 1 aliphatic rings. The van der Waals surface area contributed by atoms with Crippen molar-refractivity contribution in [1.82, 2.24) is 5.32 Å². The number of amides is 1. The topological polar surface area (TPSA) is 29.1 Å². The van der Waals surface area contributed by atoms with Gasteiger partial charge in [-0.1, -0.05) is 30.3 Å². The summed E-state index contributed by atoms with van der Waals surface area (Å²) in [6.07, 6.45) is 2.91. The maximum Gasteiger partial charge on any atom is 0.220 e. The Morgan fingerprint density at radius 2 is 2.07 bits per heavy atom. The number of carbonyl (C=O) groups excluding carboxylic acids is 1. The van der Waals surface area contributed by atoms with Gasteiger partial charge in [-0.2, -0.15) is 0 Å². The van der Waals surface area contributed by atoms with Gasteiger partial charge in [-0.05, 0) is 24.3 Å². The quantitative estimate of drug-likeness (QED) is 0.771. The van der Waals surface area contributed by atoms with Crippen LogP contribution in [0.2, 0.25) is 0 Å². The van der Waals surface area contributed by atoms with Crippen LogP contribution >= 0.6 is 0 Å². The Labute approximate surface area is 84.3 Å². The summed E-state index contributed by atoms with van der Waals surface area (Å²) in [4.78, 5) is 11.0. The van der Waals surface area contributed by atoms with Crippen molar-refractivity contribution in [3.05, 3.63) is 35.9 Å². The summed E-state index contributed by atoms with van der Waals surface area (Å²) in [7, 11) is 0. The van der Waals surface area contributed by atoms with Crippen LogP contribution in [0.1, 0.15) is 18.4 Å². The molecule has 74 valence electrons. The number of rotatable bonds is 3. The molecule has 0 saturated carbocycles. The molecule has 1 heterocycles. The van der Waals surface area contributed by atoms with Crippen molar-refractivity contribution < 1.29 is 4.79 Å². The first kappa shape index (κ1) is 9.25. The zero-order chi connectivity index (χ0) is 9.80. The lowest BCUT2D eigenvalue weighted by Gasteiger charge is -2.06. The van der Waals surface area contributed by atoms with Crippen LogP contribution in [0.15, 0.2) is 30.3 Å². The molecule has 1 aromatic rings. The van der Waals surface area contributed by atoms with Crippen LogP contribution in [-0.4, -0.2) is 12.5 Å². The lowest BCUT2D eigenvalue weighted by molar-refractivity contribution is -0.119. The predicted octanol–water partition coefficient (Wildman–Crippen LogP) is 1.76. The lowest BCUT2D eigenvalue weighted by Crippen LogP contribution is -2.14. The number of hydrogen-bond donors (Lipinski definition) is 1. The van der Waals surface area contributed by atoms with Crippen LogP contribution in [0, 0.1) is 5.92 Å². The molecule has 0 unspecified atom stereocenters. The summed E-state index contributed by atoms with van der Waals surface area (Å²) in [5.74, 6) is 0.755. The summed E-state index contributed by atoms with van der Waals surface area (Å²) in [5.41, 5.74) is 1.37. The standard InChI is InChI=1S/C12H15NO/c14-12-8-11(9-13-12)7-6-10-4-2-1-3-5-10/h1-5,11H,6-9H2,(H,13,14)/t11-/m1/s1. The van der Waals surface area contributed by atoms with E-state index in [9.17, 15) is 4.79 Å². The van der Waals surface area contributed by atoms with Gasteiger partial charge in [0.1, 0.15) is 0 Å². The normalized spacial score (nSPS) is 20.9. The Kier molecular flexibility index (Phi) is 2.82. The van der Waals surface area contributed by atoms with E-state index in [0.29, 0.717) is 12.3 Å². The SMILES string of the molecule is O=C1C[C@@H](CCc2ccccc2)CN1. The number of hydrogen-bond acceptors (Lipinski definition) is 1. The lowest BCUT2D eigenvalue weighted by atomic mass is 9.99. The van der Waals surface area contributed by atoms with Crippen molar-refractivity contribution in [2.24, 2.45) is 5.92 Å². The Morgan fingerprint density at radius 3 is 2.71 bits per heavy atom. The van der Waals surface area contributed by atoms with Crippen LogP contribution in [0.25, 0.3) is 0 Å². The summed E-state index contributed by atoms with van der Waals surface area (Å²) < 4.78 is 0. The highest BCUT2D eigenvalue weighted by molar-refractivity contribution is 5.78. The Balaban J connectivity index is 1.80. The van der Waals surface area contributed by atoms with Crippen molar-refractivity contribution >= 4 is 5.91 Å². The van der Waals surface area contributed by atoms with E-state index in [1.807, 2.05) is 6.07 Å². The zero-order valence-corrected chi connectivity index (χ0v) is 8.20. The van der Waals surface area contributed by atoms with Crippen LogP contribution in [0.3, 0.4) is 0 Å². The molecule has 1 atom stereocenters. The second-order valence-electron chi connectivity index (χ2n) is 3.90. The van der Waals surface area contributed by atoms with Crippen LogP contribution in [0.5, 0.6) is 0 Å². The Hall–Kier alpha value is -1.31. The molecule has 1 N–H and O–H groups in total. The van der Waals surface area contributed by atoms with Gasteiger partial charge in [-0.25, -0.2) is 0 Å². The molecule has 2 rings (SSSR count). The smallest absolute Gasteiger partial charge is 0.220 e. The maximum absolute atomic E-state index is 11.0. The minimum Gasteiger partial charge on any atom is -0.356 e. The van der Waals surface area contributed by atoms with Gasteiger partial charge in [-0.15, -0.1) is 0 Å². The van der Waals surface area contributed by atoms with Gasteiger partial charge >= 0.3 is 0 Å². The van der Waals surface area contributed by atoms with E-state index in [1.165, 1.54) is 5.56 Å². The minimum absolute atomic E-state index is 0.211. The molecule has 14 heavy (non-hydrogen) atoms. The third-order valence-electron chi connectivity index (χ3n) is 2.75. The molecule has 1 amide bonds. The van der Waals surface area contributed by atoms with E-state index in [0.717, 1.165) is 19.4 Å². The molecule has 1 aromatic carbocycles. The van der Waals surface area contributed by atoms with Crippen molar-refractivity contribution in [2.45, 2.75) is 19.3 Å². The van der Waals surface area contributed by atoms with E-state index >= 15 is 0 Å². The van der Waals surface area contributed by atoms with Gasteiger partial charge in [0.25, 0.3) is 0 Å². The number of carbonyl (C=O) groups is 1. The highest BCUT2D eigenvalue weighted by Gasteiger charge is 2.20. The average Bonchev–Trinajstić information content (AvgIpc) is 2.63. The molecule has 1 fully saturated rings. The molecule has 1 saturated heterocycles. The number of aryl methyl sites for hydroxylation is 1. The van der Waals surface area contributed by atoms with E-state index in [2.05, 4.69) is 29.6 Å². The van der Waals surface area contributed by atoms with E-state index in [-0.39, 0.29) is 5.91 Å². The van der Waals surface area contributed by atoms with Crippen molar-refractivity contribution in [1.29, 1.82) is 0 Å². The van der Waals surface area contributed by atoms with E-state index in [1.54, 1.807) is 0 Å². The second-order valence-corrected chi connectivity index (χ2v) is 3.90. The first-order valence-electron chi connectivity index (χ1n) is 5.15. The second kappa shape index (κ2) is 4.27. The summed E-state index contributed by atoms with van der Waals surface area (Å²) >= 11 is 0. The van der Waals surface area contributed by atoms with E-state index in [4.69, 9.17) is 0 Å². The van der Waals surface area contributed by atoms with Gasteiger partial charge in [0.05, 0.1) is 0 Å². The third-order valence-corrected chi connectivity index (χ3v) is 2.75. The summed E-state index contributed by atoms with van der Waals surface area (Å²) in [5, 5.41) is 2.87. The molecule has 0 radical (unpaired) electrons. The Morgan fingerprint density at radius 1 is 1.29 bits per heavy atom. The molecule has 0 aliphatic carbocycles. The monoisotopic (exact) mass is 189 g/mol. The van der Waals surface area contributed by atoms with Crippen LogP contribution in [-0.2, 0) is 11.2 Å². The highest BCUT2D eigenvalue weighted by Crippen LogP contribution is 2.16. The average molecular weight is 189 g/mol. The first-order chi connectivity index (χ1) is 6.84. The molecule has 2 heteroatoms. The van der Waals surface area contributed by atoms with Gasteiger partial charge in [0.2, 0.25) is 5.91 Å². The molecular weight excluding hydrogens is 174 g/mol. The van der Waals surface area contributed by atoms with Gasteiger partial charge in [0, 0.05) is 13.0 Å². The summed E-state index contributed by atoms with van der Waals surface area (Å²) in [6.45, 7) is 0.867. The predicted molar refractivity (Wildman–Crippen MR) is 55.9 cm³/mol. The highest BCUT2D eigenvalue weighted by atomic mass is 16.1. The van der Waals surface area contributed by atoms with Crippen molar-refractivity contribution in [3.8, 4) is 0 Å². The van der Waals surface area contributed by atoms with Gasteiger partial charge in [-0.3, -0.25) is 4.79 Å². The van der Waals surface area contributed by atoms with Gasteiger partial charge in [0.15, 0.2) is 0 Å². The largest absolute Gasteiger partial charge is 0.356 e. The fourth-order valence-electron chi connectivity index (χ4n) is 1.88. The maximum atomic E-state index is 11.0. The van der Waals surface area contributed by atoms with Crippen molar-refractivity contribution in [2.75, 3.05) is 6.54 Å². The molecule has 0 bridgehead atoms. The van der Waals surface area contributed by atoms with Crippen LogP contribution < -0.4 is 5.32 Å². The third kappa shape index (κ3) is 2.34. The molecule has 0 spiro atoms. The zero-order valence-electron chi connectivity index (χ0n) is 8.20. The molecule has 2 nitrogen and oxygen atoms in total. The summed E-state index contributed by atoms with van der Waals surface area (Å²) in [6, 6.07) is 10.4. The molecule has 1 aliphatic heterocycles.